The maximum absolute atomic E-state index is 12.8. The maximum atomic E-state index is 12.8. The SMILES string of the molecule is FC(F)(F)c1ccc(-c2nc3c4cccnc4c4[nH]ccc4c3[nH]2)cc1. The van der Waals surface area contributed by atoms with Crippen LogP contribution in [-0.2, 0) is 6.18 Å². The summed E-state index contributed by atoms with van der Waals surface area (Å²) in [6.07, 6.45) is -0.805. The van der Waals surface area contributed by atoms with Gasteiger partial charge in [0.1, 0.15) is 5.82 Å². The zero-order chi connectivity index (χ0) is 17.9. The van der Waals surface area contributed by atoms with Crippen molar-refractivity contribution in [3.05, 3.63) is 60.4 Å². The van der Waals surface area contributed by atoms with Gasteiger partial charge in [-0.25, -0.2) is 4.98 Å². The Hall–Kier alpha value is -3.35. The number of imidazole rings is 1. The van der Waals surface area contributed by atoms with Crippen LogP contribution < -0.4 is 0 Å². The van der Waals surface area contributed by atoms with Crippen LogP contribution in [0.15, 0.2) is 54.9 Å². The minimum Gasteiger partial charge on any atom is -0.359 e. The first-order chi connectivity index (χ1) is 12.5. The molecule has 3 heterocycles. The highest BCUT2D eigenvalue weighted by Crippen LogP contribution is 2.34. The lowest BCUT2D eigenvalue weighted by atomic mass is 10.1. The van der Waals surface area contributed by atoms with Crippen LogP contribution in [0.2, 0.25) is 0 Å². The van der Waals surface area contributed by atoms with Crippen molar-refractivity contribution < 1.29 is 13.2 Å². The summed E-state index contributed by atoms with van der Waals surface area (Å²) in [4.78, 5) is 15.5. The second-order valence-electron chi connectivity index (χ2n) is 6.05. The first-order valence-corrected chi connectivity index (χ1v) is 7.93. The van der Waals surface area contributed by atoms with Gasteiger partial charge in [0.25, 0.3) is 0 Å². The Bertz CT molecular complexity index is 1260. The van der Waals surface area contributed by atoms with E-state index in [0.29, 0.717) is 11.4 Å². The number of pyridine rings is 1. The first kappa shape index (κ1) is 14.9. The number of halogens is 3. The summed E-state index contributed by atoms with van der Waals surface area (Å²) in [5.74, 6) is 0.521. The van der Waals surface area contributed by atoms with Crippen LogP contribution in [0.4, 0.5) is 13.2 Å². The van der Waals surface area contributed by atoms with E-state index in [-0.39, 0.29) is 0 Å². The van der Waals surface area contributed by atoms with Crippen LogP contribution in [0, 0.1) is 0 Å². The minimum atomic E-state index is -4.36. The number of hydrogen-bond donors (Lipinski definition) is 2. The number of alkyl halides is 3. The molecule has 3 aromatic heterocycles. The summed E-state index contributed by atoms with van der Waals surface area (Å²) in [6, 6.07) is 10.7. The molecular weight excluding hydrogens is 341 g/mol. The van der Waals surface area contributed by atoms with Crippen molar-refractivity contribution in [2.75, 3.05) is 0 Å². The van der Waals surface area contributed by atoms with Crippen LogP contribution in [0.1, 0.15) is 5.56 Å². The van der Waals surface area contributed by atoms with Crippen molar-refractivity contribution in [3.8, 4) is 11.4 Å². The molecule has 0 radical (unpaired) electrons. The molecule has 5 rings (SSSR count). The molecule has 0 spiro atoms. The average Bonchev–Trinajstić information content (AvgIpc) is 3.28. The summed E-state index contributed by atoms with van der Waals surface area (Å²) in [5.41, 5.74) is 3.20. The van der Waals surface area contributed by atoms with Gasteiger partial charge in [0.2, 0.25) is 0 Å². The second kappa shape index (κ2) is 5.08. The standard InChI is InChI=1S/C19H11F3N4/c20-19(21,22)11-5-3-10(4-6-11)18-25-16-12-2-1-8-23-14(12)15-13(7-9-24-15)17(16)26-18/h1-9,24H,(H,25,26). The third kappa shape index (κ3) is 2.10. The predicted molar refractivity (Wildman–Crippen MR) is 93.7 cm³/mol. The van der Waals surface area contributed by atoms with Gasteiger partial charge in [-0.3, -0.25) is 4.98 Å². The second-order valence-corrected chi connectivity index (χ2v) is 6.05. The molecular formula is C19H11F3N4. The third-order valence-electron chi connectivity index (χ3n) is 4.51. The lowest BCUT2D eigenvalue weighted by Gasteiger charge is -2.06. The van der Waals surface area contributed by atoms with E-state index in [9.17, 15) is 13.2 Å². The molecule has 0 bridgehead atoms. The van der Waals surface area contributed by atoms with E-state index in [1.54, 1.807) is 6.20 Å². The Kier molecular flexibility index (Phi) is 2.92. The Morgan fingerprint density at radius 2 is 1.65 bits per heavy atom. The highest BCUT2D eigenvalue weighted by molar-refractivity contribution is 6.21. The van der Waals surface area contributed by atoms with E-state index in [4.69, 9.17) is 0 Å². The summed E-state index contributed by atoms with van der Waals surface area (Å²) in [6.45, 7) is 0. The van der Waals surface area contributed by atoms with Gasteiger partial charge < -0.3 is 9.97 Å². The van der Waals surface area contributed by atoms with Gasteiger partial charge in [-0.15, -0.1) is 0 Å². The van der Waals surface area contributed by atoms with Gasteiger partial charge in [-0.05, 0) is 30.3 Å². The molecule has 0 aliphatic rings. The zero-order valence-electron chi connectivity index (χ0n) is 13.2. The van der Waals surface area contributed by atoms with E-state index < -0.39 is 11.7 Å². The molecule has 128 valence electrons. The van der Waals surface area contributed by atoms with Crippen LogP contribution in [-0.4, -0.2) is 19.9 Å². The van der Waals surface area contributed by atoms with Crippen molar-refractivity contribution in [3.63, 3.8) is 0 Å². The highest BCUT2D eigenvalue weighted by atomic mass is 19.4. The monoisotopic (exact) mass is 352 g/mol. The summed E-state index contributed by atoms with van der Waals surface area (Å²) in [7, 11) is 0. The van der Waals surface area contributed by atoms with Gasteiger partial charge >= 0.3 is 6.18 Å². The fourth-order valence-corrected chi connectivity index (χ4v) is 3.29. The van der Waals surface area contributed by atoms with Crippen LogP contribution in [0.3, 0.4) is 0 Å². The molecule has 0 atom stereocenters. The number of aromatic amines is 2. The van der Waals surface area contributed by atoms with Gasteiger partial charge in [-0.2, -0.15) is 13.2 Å². The lowest BCUT2D eigenvalue weighted by Crippen LogP contribution is -2.04. The number of nitrogens with one attached hydrogen (secondary N) is 2. The van der Waals surface area contributed by atoms with E-state index in [0.717, 1.165) is 45.0 Å². The number of aromatic nitrogens is 4. The third-order valence-corrected chi connectivity index (χ3v) is 4.51. The van der Waals surface area contributed by atoms with E-state index in [1.807, 2.05) is 24.4 Å². The molecule has 4 nitrogen and oxygen atoms in total. The zero-order valence-corrected chi connectivity index (χ0v) is 13.2. The van der Waals surface area contributed by atoms with Gasteiger partial charge in [-0.1, -0.05) is 12.1 Å². The quantitative estimate of drug-likeness (QED) is 0.431. The molecule has 0 aliphatic heterocycles. The molecule has 2 aromatic carbocycles. The summed E-state index contributed by atoms with van der Waals surface area (Å²) in [5, 5.41) is 1.82. The molecule has 2 N–H and O–H groups in total. The maximum Gasteiger partial charge on any atom is 0.416 e. The first-order valence-electron chi connectivity index (χ1n) is 7.93. The molecule has 0 unspecified atom stereocenters. The van der Waals surface area contributed by atoms with Crippen LogP contribution >= 0.6 is 0 Å². The highest BCUT2D eigenvalue weighted by Gasteiger charge is 2.30. The number of fused-ring (bicyclic) bond motifs is 6. The molecule has 26 heavy (non-hydrogen) atoms. The smallest absolute Gasteiger partial charge is 0.359 e. The van der Waals surface area contributed by atoms with Crippen molar-refractivity contribution >= 4 is 32.8 Å². The Labute approximate surface area is 144 Å². The number of benzene rings is 2. The molecule has 0 fully saturated rings. The Balaban J connectivity index is 1.77. The minimum absolute atomic E-state index is 0.521. The summed E-state index contributed by atoms with van der Waals surface area (Å²) >= 11 is 0. The number of rotatable bonds is 1. The van der Waals surface area contributed by atoms with E-state index >= 15 is 0 Å². The van der Waals surface area contributed by atoms with Crippen LogP contribution in [0.5, 0.6) is 0 Å². The Morgan fingerprint density at radius 1 is 0.846 bits per heavy atom. The average molecular weight is 352 g/mol. The van der Waals surface area contributed by atoms with Crippen molar-refractivity contribution in [2.45, 2.75) is 6.18 Å². The Morgan fingerprint density at radius 3 is 2.42 bits per heavy atom. The van der Waals surface area contributed by atoms with Gasteiger partial charge in [0.05, 0.1) is 27.6 Å². The lowest BCUT2D eigenvalue weighted by molar-refractivity contribution is -0.137. The molecule has 7 heteroatoms. The number of hydrogen-bond acceptors (Lipinski definition) is 2. The number of nitrogens with zero attached hydrogens (tertiary/aromatic N) is 2. The fraction of sp³-hybridized carbons (Fsp3) is 0.0526. The van der Waals surface area contributed by atoms with E-state index in [2.05, 4.69) is 19.9 Å². The van der Waals surface area contributed by atoms with E-state index in [1.165, 1.54) is 12.1 Å². The molecule has 0 amide bonds. The normalized spacial score (nSPS) is 12.4. The molecule has 5 aromatic rings. The molecule has 0 aliphatic carbocycles. The van der Waals surface area contributed by atoms with Gasteiger partial charge in [0.15, 0.2) is 0 Å². The molecule has 0 saturated heterocycles. The molecule has 0 saturated carbocycles. The van der Waals surface area contributed by atoms with Crippen LogP contribution in [0.25, 0.3) is 44.2 Å². The predicted octanol–water partition coefficient (Wildman–Crippen LogP) is 5.28. The fourth-order valence-electron chi connectivity index (χ4n) is 3.29. The van der Waals surface area contributed by atoms with Gasteiger partial charge in [0, 0.05) is 28.7 Å². The van der Waals surface area contributed by atoms with Crippen molar-refractivity contribution in [1.29, 1.82) is 0 Å². The number of H-pyrrole nitrogens is 2. The largest absolute Gasteiger partial charge is 0.416 e. The van der Waals surface area contributed by atoms with Crippen molar-refractivity contribution in [1.82, 2.24) is 19.9 Å². The topological polar surface area (TPSA) is 57.4 Å². The van der Waals surface area contributed by atoms with Crippen molar-refractivity contribution in [2.24, 2.45) is 0 Å². The summed E-state index contributed by atoms with van der Waals surface area (Å²) < 4.78 is 38.3.